The number of amides is 1. The van der Waals surface area contributed by atoms with Crippen molar-refractivity contribution in [1.29, 1.82) is 0 Å². The number of ether oxygens (including phenoxy) is 1. The summed E-state index contributed by atoms with van der Waals surface area (Å²) in [5.74, 6) is -1.25. The van der Waals surface area contributed by atoms with Gasteiger partial charge in [0.05, 0.1) is 17.5 Å². The van der Waals surface area contributed by atoms with Gasteiger partial charge < -0.3 is 15.2 Å². The number of aromatic carboxylic acids is 1. The third-order valence-corrected chi connectivity index (χ3v) is 3.72. The molecule has 0 radical (unpaired) electrons. The fourth-order valence-electron chi connectivity index (χ4n) is 1.68. The molecular formula is C13H19NO4S. The molecule has 5 nitrogen and oxygen atoms in total. The van der Waals surface area contributed by atoms with Gasteiger partial charge in [-0.2, -0.15) is 0 Å². The average molecular weight is 285 g/mol. The van der Waals surface area contributed by atoms with E-state index >= 15 is 0 Å². The summed E-state index contributed by atoms with van der Waals surface area (Å²) in [5.41, 5.74) is 0. The van der Waals surface area contributed by atoms with Gasteiger partial charge in [0.2, 0.25) is 0 Å². The fraction of sp³-hybridized carbons (Fsp3) is 0.538. The largest absolute Gasteiger partial charge is 0.477 e. The smallest absolute Gasteiger partial charge is 0.345 e. The monoisotopic (exact) mass is 285 g/mol. The highest BCUT2D eigenvalue weighted by Crippen LogP contribution is 2.16. The Labute approximate surface area is 116 Å². The summed E-state index contributed by atoms with van der Waals surface area (Å²) in [6, 6.07) is 2.94. The number of carboxylic acids is 1. The van der Waals surface area contributed by atoms with Crippen LogP contribution in [-0.4, -0.2) is 36.7 Å². The second-order valence-corrected chi connectivity index (χ2v) is 5.32. The van der Waals surface area contributed by atoms with Gasteiger partial charge in [0, 0.05) is 7.11 Å². The molecule has 0 aromatic carbocycles. The van der Waals surface area contributed by atoms with Crippen LogP contribution in [0.4, 0.5) is 0 Å². The molecule has 0 saturated carbocycles. The number of carbonyl (C=O) groups excluding carboxylic acids is 1. The molecule has 0 aliphatic heterocycles. The van der Waals surface area contributed by atoms with Crippen LogP contribution in [0.15, 0.2) is 12.1 Å². The lowest BCUT2D eigenvalue weighted by atomic mass is 10.1. The molecule has 1 aromatic heterocycles. The van der Waals surface area contributed by atoms with E-state index < -0.39 is 5.97 Å². The molecule has 106 valence electrons. The second-order valence-electron chi connectivity index (χ2n) is 4.24. The van der Waals surface area contributed by atoms with Crippen LogP contribution in [0.1, 0.15) is 45.5 Å². The van der Waals surface area contributed by atoms with Crippen LogP contribution in [0.5, 0.6) is 0 Å². The van der Waals surface area contributed by atoms with Crippen LogP contribution in [0.25, 0.3) is 0 Å². The van der Waals surface area contributed by atoms with Crippen LogP contribution in [0.3, 0.4) is 0 Å². The van der Waals surface area contributed by atoms with Gasteiger partial charge in [0.15, 0.2) is 0 Å². The van der Waals surface area contributed by atoms with E-state index in [0.717, 1.165) is 30.6 Å². The third-order valence-electron chi connectivity index (χ3n) is 2.65. The van der Waals surface area contributed by atoms with Crippen molar-refractivity contribution in [2.45, 2.75) is 32.2 Å². The van der Waals surface area contributed by atoms with Gasteiger partial charge in [0.25, 0.3) is 5.91 Å². The molecular weight excluding hydrogens is 266 g/mol. The summed E-state index contributed by atoms with van der Waals surface area (Å²) in [4.78, 5) is 23.3. The molecule has 1 amide bonds. The molecule has 0 bridgehead atoms. The Morgan fingerprint density at radius 1 is 1.42 bits per heavy atom. The van der Waals surface area contributed by atoms with Gasteiger partial charge in [-0.3, -0.25) is 4.79 Å². The van der Waals surface area contributed by atoms with Gasteiger partial charge >= 0.3 is 5.97 Å². The van der Waals surface area contributed by atoms with Crippen molar-refractivity contribution in [2.24, 2.45) is 0 Å². The Balaban J connectivity index is 2.61. The molecule has 1 rings (SSSR count). The summed E-state index contributed by atoms with van der Waals surface area (Å²) in [5, 5.41) is 11.7. The normalized spacial score (nSPS) is 12.1. The van der Waals surface area contributed by atoms with Crippen molar-refractivity contribution in [3.8, 4) is 0 Å². The number of hydrogen-bond acceptors (Lipinski definition) is 4. The average Bonchev–Trinajstić information content (AvgIpc) is 2.86. The summed E-state index contributed by atoms with van der Waals surface area (Å²) < 4.78 is 5.08. The minimum atomic E-state index is -1.01. The summed E-state index contributed by atoms with van der Waals surface area (Å²) in [7, 11) is 1.60. The maximum absolute atomic E-state index is 12.0. The van der Waals surface area contributed by atoms with Crippen LogP contribution in [-0.2, 0) is 4.74 Å². The lowest BCUT2D eigenvalue weighted by Gasteiger charge is -2.17. The first kappa shape index (κ1) is 15.7. The minimum absolute atomic E-state index is 0.0344. The first-order chi connectivity index (χ1) is 9.08. The Kier molecular flexibility index (Phi) is 6.52. The molecule has 0 fully saturated rings. The van der Waals surface area contributed by atoms with E-state index in [0.29, 0.717) is 11.5 Å². The van der Waals surface area contributed by atoms with E-state index in [1.807, 2.05) is 0 Å². The molecule has 1 aromatic rings. The van der Waals surface area contributed by atoms with Gasteiger partial charge in [-0.25, -0.2) is 4.79 Å². The summed E-state index contributed by atoms with van der Waals surface area (Å²) in [6.07, 6.45) is 2.92. The SMILES string of the molecule is CCCCC(COC)NC(=O)c1ccc(C(=O)O)s1. The first-order valence-electron chi connectivity index (χ1n) is 6.21. The topological polar surface area (TPSA) is 75.6 Å². The van der Waals surface area contributed by atoms with E-state index in [1.54, 1.807) is 7.11 Å². The van der Waals surface area contributed by atoms with Crippen molar-refractivity contribution in [1.82, 2.24) is 5.32 Å². The van der Waals surface area contributed by atoms with E-state index in [1.165, 1.54) is 12.1 Å². The Hall–Kier alpha value is -1.40. The molecule has 1 heterocycles. The predicted octanol–water partition coefficient (Wildman–Crippen LogP) is 2.38. The van der Waals surface area contributed by atoms with Gasteiger partial charge in [-0.15, -0.1) is 11.3 Å². The Morgan fingerprint density at radius 2 is 2.11 bits per heavy atom. The summed E-state index contributed by atoms with van der Waals surface area (Å²) >= 11 is 0.981. The van der Waals surface area contributed by atoms with Crippen LogP contribution in [0, 0.1) is 0 Å². The fourth-order valence-corrected chi connectivity index (χ4v) is 2.43. The maximum atomic E-state index is 12.0. The van der Waals surface area contributed by atoms with Crippen molar-refractivity contribution >= 4 is 23.2 Å². The van der Waals surface area contributed by atoms with Crippen molar-refractivity contribution in [2.75, 3.05) is 13.7 Å². The molecule has 2 N–H and O–H groups in total. The van der Waals surface area contributed by atoms with Crippen LogP contribution < -0.4 is 5.32 Å². The second kappa shape index (κ2) is 7.91. The number of unbranched alkanes of at least 4 members (excludes halogenated alkanes) is 1. The molecule has 0 aliphatic carbocycles. The van der Waals surface area contributed by atoms with Gasteiger partial charge in [-0.1, -0.05) is 19.8 Å². The number of hydrogen-bond donors (Lipinski definition) is 2. The van der Waals surface area contributed by atoms with E-state index in [9.17, 15) is 9.59 Å². The van der Waals surface area contributed by atoms with Crippen LogP contribution >= 0.6 is 11.3 Å². The maximum Gasteiger partial charge on any atom is 0.345 e. The number of thiophene rings is 1. The number of nitrogens with one attached hydrogen (secondary N) is 1. The minimum Gasteiger partial charge on any atom is -0.477 e. The number of carbonyl (C=O) groups is 2. The molecule has 0 saturated heterocycles. The third kappa shape index (κ3) is 5.00. The first-order valence-corrected chi connectivity index (χ1v) is 7.03. The highest BCUT2D eigenvalue weighted by Gasteiger charge is 2.16. The molecule has 1 atom stereocenters. The van der Waals surface area contributed by atoms with E-state index in [-0.39, 0.29) is 16.8 Å². The molecule has 19 heavy (non-hydrogen) atoms. The lowest BCUT2D eigenvalue weighted by molar-refractivity contribution is 0.0702. The van der Waals surface area contributed by atoms with Gasteiger partial charge in [-0.05, 0) is 18.6 Å². The number of carboxylic acid groups (broad SMARTS) is 1. The molecule has 6 heteroatoms. The predicted molar refractivity (Wildman–Crippen MR) is 73.9 cm³/mol. The zero-order chi connectivity index (χ0) is 14.3. The van der Waals surface area contributed by atoms with Crippen molar-refractivity contribution in [3.05, 3.63) is 21.9 Å². The van der Waals surface area contributed by atoms with Crippen LogP contribution in [0.2, 0.25) is 0 Å². The highest BCUT2D eigenvalue weighted by molar-refractivity contribution is 7.15. The molecule has 0 spiro atoms. The Bertz CT molecular complexity index is 430. The quantitative estimate of drug-likeness (QED) is 0.769. The standard InChI is InChI=1S/C13H19NO4S/c1-3-4-5-9(8-18-2)14-12(15)10-6-7-11(19-10)13(16)17/h6-7,9H,3-5,8H2,1-2H3,(H,14,15)(H,16,17). The lowest BCUT2D eigenvalue weighted by Crippen LogP contribution is -2.37. The van der Waals surface area contributed by atoms with E-state index in [4.69, 9.17) is 9.84 Å². The molecule has 1 unspecified atom stereocenters. The zero-order valence-corrected chi connectivity index (χ0v) is 12.0. The zero-order valence-electron chi connectivity index (χ0n) is 11.1. The Morgan fingerprint density at radius 3 is 2.63 bits per heavy atom. The number of methoxy groups -OCH3 is 1. The summed E-state index contributed by atoms with van der Waals surface area (Å²) in [6.45, 7) is 2.55. The highest BCUT2D eigenvalue weighted by atomic mass is 32.1. The van der Waals surface area contributed by atoms with E-state index in [2.05, 4.69) is 12.2 Å². The van der Waals surface area contributed by atoms with Crippen molar-refractivity contribution in [3.63, 3.8) is 0 Å². The molecule has 0 aliphatic rings. The van der Waals surface area contributed by atoms with Crippen molar-refractivity contribution < 1.29 is 19.4 Å². The number of rotatable bonds is 8. The van der Waals surface area contributed by atoms with Gasteiger partial charge in [0.1, 0.15) is 4.88 Å².